The second kappa shape index (κ2) is 5.88. The third kappa shape index (κ3) is 2.46. The summed E-state index contributed by atoms with van der Waals surface area (Å²) in [6.45, 7) is -0.412. The summed E-state index contributed by atoms with van der Waals surface area (Å²) in [6, 6.07) is 11.4. The van der Waals surface area contributed by atoms with E-state index in [9.17, 15) is 4.39 Å². The minimum absolute atomic E-state index is 0.318. The smallest absolute Gasteiger partial charge is 0.143 e. The molecule has 0 aliphatic carbocycles. The van der Waals surface area contributed by atoms with Crippen LogP contribution in [0, 0.1) is 0 Å². The molecule has 5 nitrogen and oxygen atoms in total. The van der Waals surface area contributed by atoms with Crippen LogP contribution in [-0.2, 0) is 13.5 Å². The summed E-state index contributed by atoms with van der Waals surface area (Å²) in [5, 5.41) is 5.33. The lowest BCUT2D eigenvalue weighted by molar-refractivity contribution is 0.492. The zero-order valence-corrected chi connectivity index (χ0v) is 13.2. The standard InChI is InChI=1S/C18H16FN5/c1-24-15-8-10-20-11-14(15)13-5-6-17(23-18(13)24)22-16-4-2-3-12(21-16)7-9-19/h2-6,8,10-11H,7,9H2,1H3,(H,21,22,23). The summed E-state index contributed by atoms with van der Waals surface area (Å²) in [4.78, 5) is 13.3. The van der Waals surface area contributed by atoms with Crippen LogP contribution in [0.4, 0.5) is 16.0 Å². The lowest BCUT2D eigenvalue weighted by atomic mass is 10.2. The number of fused-ring (bicyclic) bond motifs is 3. The van der Waals surface area contributed by atoms with Gasteiger partial charge in [-0.3, -0.25) is 9.37 Å². The second-order valence-electron chi connectivity index (χ2n) is 5.60. The van der Waals surface area contributed by atoms with Gasteiger partial charge in [0.1, 0.15) is 17.3 Å². The highest BCUT2D eigenvalue weighted by molar-refractivity contribution is 6.06. The van der Waals surface area contributed by atoms with E-state index in [2.05, 4.69) is 15.3 Å². The SMILES string of the molecule is Cn1c2ccncc2c2ccc(Nc3cccc(CCF)n3)nc21. The number of rotatable bonds is 4. The molecular weight excluding hydrogens is 305 g/mol. The fourth-order valence-corrected chi connectivity index (χ4v) is 2.90. The number of nitrogens with one attached hydrogen (secondary N) is 1. The van der Waals surface area contributed by atoms with Crippen LogP contribution in [0.1, 0.15) is 5.69 Å². The summed E-state index contributed by atoms with van der Waals surface area (Å²) < 4.78 is 14.5. The minimum atomic E-state index is -0.412. The molecule has 6 heteroatoms. The molecule has 0 aliphatic rings. The highest BCUT2D eigenvalue weighted by Crippen LogP contribution is 2.27. The van der Waals surface area contributed by atoms with Crippen molar-refractivity contribution in [3.05, 3.63) is 54.5 Å². The van der Waals surface area contributed by atoms with Crippen molar-refractivity contribution in [2.24, 2.45) is 7.05 Å². The van der Waals surface area contributed by atoms with E-state index in [4.69, 9.17) is 4.98 Å². The van der Waals surface area contributed by atoms with Gasteiger partial charge in [-0.05, 0) is 30.3 Å². The summed E-state index contributed by atoms with van der Waals surface area (Å²) >= 11 is 0. The average Bonchev–Trinajstić information content (AvgIpc) is 2.89. The van der Waals surface area contributed by atoms with Crippen molar-refractivity contribution in [3.63, 3.8) is 0 Å². The monoisotopic (exact) mass is 321 g/mol. The molecule has 4 aromatic rings. The quantitative estimate of drug-likeness (QED) is 0.621. The van der Waals surface area contributed by atoms with Gasteiger partial charge in [0.2, 0.25) is 0 Å². The summed E-state index contributed by atoms with van der Waals surface area (Å²) in [7, 11) is 1.99. The molecule has 0 radical (unpaired) electrons. The number of alkyl halides is 1. The fraction of sp³-hybridized carbons (Fsp3) is 0.167. The Bertz CT molecular complexity index is 1020. The Hall–Kier alpha value is -3.02. The Kier molecular flexibility index (Phi) is 3.57. The number of nitrogens with zero attached hydrogens (tertiary/aromatic N) is 4. The first-order valence-electron chi connectivity index (χ1n) is 7.74. The van der Waals surface area contributed by atoms with E-state index in [0.717, 1.165) is 27.6 Å². The van der Waals surface area contributed by atoms with Crippen molar-refractivity contribution in [1.29, 1.82) is 0 Å². The first-order chi connectivity index (χ1) is 11.8. The van der Waals surface area contributed by atoms with Gasteiger partial charge in [-0.2, -0.15) is 0 Å². The van der Waals surface area contributed by atoms with Crippen molar-refractivity contribution >= 4 is 33.6 Å². The predicted molar refractivity (Wildman–Crippen MR) is 93.2 cm³/mol. The first-order valence-corrected chi connectivity index (χ1v) is 7.74. The van der Waals surface area contributed by atoms with Gasteiger partial charge in [0.05, 0.1) is 12.2 Å². The highest BCUT2D eigenvalue weighted by atomic mass is 19.1. The van der Waals surface area contributed by atoms with Gasteiger partial charge in [0, 0.05) is 42.3 Å². The Labute approximate surface area is 138 Å². The molecule has 0 spiro atoms. The maximum absolute atomic E-state index is 12.5. The third-order valence-electron chi connectivity index (χ3n) is 4.06. The molecule has 0 unspecified atom stereocenters. The molecule has 0 aliphatic heterocycles. The van der Waals surface area contributed by atoms with Crippen LogP contribution in [0.3, 0.4) is 0 Å². The van der Waals surface area contributed by atoms with Crippen molar-refractivity contribution in [2.75, 3.05) is 12.0 Å². The molecule has 0 atom stereocenters. The third-order valence-corrected chi connectivity index (χ3v) is 4.06. The lowest BCUT2D eigenvalue weighted by Crippen LogP contribution is -2.00. The van der Waals surface area contributed by atoms with Crippen LogP contribution in [0.25, 0.3) is 21.9 Å². The Morgan fingerprint density at radius 1 is 1.04 bits per heavy atom. The topological polar surface area (TPSA) is 55.6 Å². The van der Waals surface area contributed by atoms with Gasteiger partial charge in [0.15, 0.2) is 0 Å². The van der Waals surface area contributed by atoms with Gasteiger partial charge < -0.3 is 9.88 Å². The molecule has 4 aromatic heterocycles. The number of pyridine rings is 3. The molecule has 1 N–H and O–H groups in total. The molecule has 0 aromatic carbocycles. The molecule has 0 bridgehead atoms. The summed E-state index contributed by atoms with van der Waals surface area (Å²) in [5.41, 5.74) is 2.69. The predicted octanol–water partition coefficient (Wildman–Crippen LogP) is 3.77. The van der Waals surface area contributed by atoms with E-state index in [1.165, 1.54) is 0 Å². The Morgan fingerprint density at radius 2 is 1.92 bits per heavy atom. The van der Waals surface area contributed by atoms with Gasteiger partial charge >= 0.3 is 0 Å². The molecule has 0 saturated carbocycles. The van der Waals surface area contributed by atoms with E-state index in [1.54, 1.807) is 6.20 Å². The van der Waals surface area contributed by atoms with Gasteiger partial charge in [-0.1, -0.05) is 6.07 Å². The van der Waals surface area contributed by atoms with Crippen molar-refractivity contribution in [1.82, 2.24) is 19.5 Å². The lowest BCUT2D eigenvalue weighted by Gasteiger charge is -2.07. The fourth-order valence-electron chi connectivity index (χ4n) is 2.90. The number of anilines is 2. The van der Waals surface area contributed by atoms with E-state index in [-0.39, 0.29) is 0 Å². The molecular formula is C18H16FN5. The highest BCUT2D eigenvalue weighted by Gasteiger charge is 2.10. The first kappa shape index (κ1) is 14.6. The number of aromatic nitrogens is 4. The van der Waals surface area contributed by atoms with Crippen LogP contribution in [0.2, 0.25) is 0 Å². The number of hydrogen-bond acceptors (Lipinski definition) is 4. The van der Waals surface area contributed by atoms with Gasteiger partial charge in [-0.25, -0.2) is 9.97 Å². The van der Waals surface area contributed by atoms with Crippen LogP contribution < -0.4 is 5.32 Å². The van der Waals surface area contributed by atoms with Gasteiger partial charge in [0.25, 0.3) is 0 Å². The normalized spacial score (nSPS) is 11.2. The van der Waals surface area contributed by atoms with Crippen LogP contribution in [0.5, 0.6) is 0 Å². The number of aryl methyl sites for hydroxylation is 2. The van der Waals surface area contributed by atoms with Crippen LogP contribution >= 0.6 is 0 Å². The maximum atomic E-state index is 12.5. The molecule has 4 rings (SSSR count). The van der Waals surface area contributed by atoms with Crippen molar-refractivity contribution in [2.45, 2.75) is 6.42 Å². The van der Waals surface area contributed by atoms with Crippen molar-refractivity contribution in [3.8, 4) is 0 Å². The van der Waals surface area contributed by atoms with Gasteiger partial charge in [-0.15, -0.1) is 0 Å². The van der Waals surface area contributed by atoms with Crippen molar-refractivity contribution < 1.29 is 4.39 Å². The molecule has 0 amide bonds. The average molecular weight is 321 g/mol. The van der Waals surface area contributed by atoms with E-state index >= 15 is 0 Å². The Morgan fingerprint density at radius 3 is 2.79 bits per heavy atom. The zero-order chi connectivity index (χ0) is 16.5. The molecule has 0 saturated heterocycles. The van der Waals surface area contributed by atoms with E-state index < -0.39 is 6.67 Å². The largest absolute Gasteiger partial charge is 0.328 e. The molecule has 4 heterocycles. The maximum Gasteiger partial charge on any atom is 0.143 e. The van der Waals surface area contributed by atoms with Crippen LogP contribution in [0.15, 0.2) is 48.8 Å². The van der Waals surface area contributed by atoms with E-state index in [1.807, 2.05) is 54.2 Å². The molecule has 0 fully saturated rings. The number of hydrogen-bond donors (Lipinski definition) is 1. The summed E-state index contributed by atoms with van der Waals surface area (Å²) in [6.07, 6.45) is 3.95. The minimum Gasteiger partial charge on any atom is -0.328 e. The molecule has 120 valence electrons. The zero-order valence-electron chi connectivity index (χ0n) is 13.2. The molecule has 24 heavy (non-hydrogen) atoms. The van der Waals surface area contributed by atoms with Crippen LogP contribution in [-0.4, -0.2) is 26.2 Å². The summed E-state index contributed by atoms with van der Waals surface area (Å²) in [5.74, 6) is 1.36. The van der Waals surface area contributed by atoms with E-state index in [0.29, 0.717) is 18.1 Å². The second-order valence-corrected chi connectivity index (χ2v) is 5.60. The Balaban J connectivity index is 1.74. The number of halogens is 1.